The number of nitrogens with one attached hydrogen (secondary N) is 2. The van der Waals surface area contributed by atoms with Gasteiger partial charge in [0.25, 0.3) is 0 Å². The number of aliphatic imine (C=N–C) groups is 1. The molecule has 0 aliphatic carbocycles. The van der Waals surface area contributed by atoms with E-state index in [1.165, 1.54) is 6.42 Å². The van der Waals surface area contributed by atoms with Gasteiger partial charge in [0.05, 0.1) is 5.69 Å². The zero-order valence-electron chi connectivity index (χ0n) is 16.9. The van der Waals surface area contributed by atoms with Crippen molar-refractivity contribution in [2.45, 2.75) is 72.9 Å². The van der Waals surface area contributed by atoms with Crippen molar-refractivity contribution in [2.75, 3.05) is 26.2 Å². The lowest BCUT2D eigenvalue weighted by Crippen LogP contribution is -2.42. The standard InChI is InChI=1S/C19H37N5O/c1-7-20-19(21-14-17-13-18(15(4)5)23-25-17)22-16(6)11-10-12-24(8-2)9-3/h13,15-16H,7-12,14H2,1-6H3,(H2,20,21,22). The average Bonchev–Trinajstić information content (AvgIpc) is 3.06. The Hall–Kier alpha value is -1.56. The van der Waals surface area contributed by atoms with Gasteiger partial charge in [-0.1, -0.05) is 32.9 Å². The highest BCUT2D eigenvalue weighted by Gasteiger charge is 2.09. The number of aromatic nitrogens is 1. The Labute approximate surface area is 153 Å². The average molecular weight is 352 g/mol. The molecule has 1 atom stereocenters. The van der Waals surface area contributed by atoms with Gasteiger partial charge in [-0.25, -0.2) is 4.99 Å². The summed E-state index contributed by atoms with van der Waals surface area (Å²) in [4.78, 5) is 7.08. The molecule has 6 nitrogen and oxygen atoms in total. The Morgan fingerprint density at radius 2 is 1.96 bits per heavy atom. The second kappa shape index (κ2) is 11.9. The number of nitrogens with zero attached hydrogens (tertiary/aromatic N) is 3. The van der Waals surface area contributed by atoms with E-state index < -0.39 is 0 Å². The van der Waals surface area contributed by atoms with E-state index in [1.807, 2.05) is 6.07 Å². The molecule has 0 bridgehead atoms. The third-order valence-electron chi connectivity index (χ3n) is 4.29. The van der Waals surface area contributed by atoms with Crippen LogP contribution in [-0.4, -0.2) is 48.2 Å². The first-order chi connectivity index (χ1) is 12.0. The molecule has 0 amide bonds. The molecule has 144 valence electrons. The predicted molar refractivity (Wildman–Crippen MR) is 105 cm³/mol. The fourth-order valence-corrected chi connectivity index (χ4v) is 2.62. The number of guanidine groups is 1. The first kappa shape index (κ1) is 21.5. The Morgan fingerprint density at radius 1 is 1.24 bits per heavy atom. The molecule has 0 spiro atoms. The molecule has 1 rings (SSSR count). The molecule has 0 aliphatic heterocycles. The summed E-state index contributed by atoms with van der Waals surface area (Å²) in [5.41, 5.74) is 0.980. The molecule has 0 saturated carbocycles. The van der Waals surface area contributed by atoms with Crippen molar-refractivity contribution in [1.29, 1.82) is 0 Å². The molecule has 25 heavy (non-hydrogen) atoms. The maximum atomic E-state index is 5.36. The topological polar surface area (TPSA) is 65.7 Å². The van der Waals surface area contributed by atoms with E-state index in [4.69, 9.17) is 4.52 Å². The normalized spacial score (nSPS) is 13.5. The van der Waals surface area contributed by atoms with Crippen LogP contribution in [-0.2, 0) is 6.54 Å². The molecule has 1 aromatic rings. The van der Waals surface area contributed by atoms with Crippen LogP contribution >= 0.6 is 0 Å². The van der Waals surface area contributed by atoms with Gasteiger partial charge in [0.15, 0.2) is 11.7 Å². The summed E-state index contributed by atoms with van der Waals surface area (Å²) in [5, 5.41) is 10.9. The molecule has 1 unspecified atom stereocenters. The van der Waals surface area contributed by atoms with E-state index in [2.05, 4.69) is 67.2 Å². The van der Waals surface area contributed by atoms with Crippen molar-refractivity contribution in [3.8, 4) is 0 Å². The lowest BCUT2D eigenvalue weighted by Gasteiger charge is -2.21. The zero-order chi connectivity index (χ0) is 18.7. The summed E-state index contributed by atoms with van der Waals surface area (Å²) in [6, 6.07) is 2.37. The van der Waals surface area contributed by atoms with Crippen molar-refractivity contribution in [3.63, 3.8) is 0 Å². The molecule has 1 heterocycles. The lowest BCUT2D eigenvalue weighted by atomic mass is 10.1. The monoisotopic (exact) mass is 351 g/mol. The van der Waals surface area contributed by atoms with Crippen molar-refractivity contribution < 1.29 is 4.52 Å². The van der Waals surface area contributed by atoms with Crippen LogP contribution in [0.2, 0.25) is 0 Å². The first-order valence-electron chi connectivity index (χ1n) is 9.72. The van der Waals surface area contributed by atoms with E-state index in [0.29, 0.717) is 18.5 Å². The first-order valence-corrected chi connectivity index (χ1v) is 9.72. The quantitative estimate of drug-likeness (QED) is 0.473. The minimum absolute atomic E-state index is 0.374. The summed E-state index contributed by atoms with van der Waals surface area (Å²) >= 11 is 0. The Kier molecular flexibility index (Phi) is 10.2. The predicted octanol–water partition coefficient (Wildman–Crippen LogP) is 3.36. The Bertz CT molecular complexity index is 494. The van der Waals surface area contributed by atoms with Gasteiger partial charge in [-0.3, -0.25) is 0 Å². The maximum absolute atomic E-state index is 5.36. The van der Waals surface area contributed by atoms with Crippen LogP contribution in [0.15, 0.2) is 15.6 Å². The van der Waals surface area contributed by atoms with Gasteiger partial charge in [-0.2, -0.15) is 0 Å². The van der Waals surface area contributed by atoms with E-state index in [-0.39, 0.29) is 0 Å². The Morgan fingerprint density at radius 3 is 2.52 bits per heavy atom. The highest BCUT2D eigenvalue weighted by atomic mass is 16.5. The minimum Gasteiger partial charge on any atom is -0.359 e. The summed E-state index contributed by atoms with van der Waals surface area (Å²) in [6.45, 7) is 17.7. The van der Waals surface area contributed by atoms with Gasteiger partial charge in [0, 0.05) is 18.7 Å². The number of hydrogen-bond donors (Lipinski definition) is 2. The number of rotatable bonds is 11. The highest BCUT2D eigenvalue weighted by Crippen LogP contribution is 2.14. The van der Waals surface area contributed by atoms with Gasteiger partial charge in [0.1, 0.15) is 6.54 Å². The van der Waals surface area contributed by atoms with Crippen molar-refractivity contribution >= 4 is 5.96 Å². The van der Waals surface area contributed by atoms with E-state index in [9.17, 15) is 0 Å². The van der Waals surface area contributed by atoms with Crippen molar-refractivity contribution in [2.24, 2.45) is 4.99 Å². The smallest absolute Gasteiger partial charge is 0.191 e. The fraction of sp³-hybridized carbons (Fsp3) is 0.789. The molecule has 0 aliphatic rings. The third kappa shape index (κ3) is 8.38. The second-order valence-corrected chi connectivity index (χ2v) is 6.78. The van der Waals surface area contributed by atoms with E-state index in [1.54, 1.807) is 0 Å². The SMILES string of the molecule is CCNC(=NCc1cc(C(C)C)no1)NC(C)CCCN(CC)CC. The van der Waals surface area contributed by atoms with Crippen LogP contribution in [0.3, 0.4) is 0 Å². The van der Waals surface area contributed by atoms with Gasteiger partial charge in [-0.15, -0.1) is 0 Å². The molecule has 2 N–H and O–H groups in total. The minimum atomic E-state index is 0.374. The fourth-order valence-electron chi connectivity index (χ4n) is 2.62. The summed E-state index contributed by atoms with van der Waals surface area (Å²) in [6.07, 6.45) is 2.32. The van der Waals surface area contributed by atoms with E-state index >= 15 is 0 Å². The zero-order valence-corrected chi connectivity index (χ0v) is 16.9. The molecule has 0 aromatic carbocycles. The van der Waals surface area contributed by atoms with Crippen LogP contribution in [0.1, 0.15) is 71.8 Å². The van der Waals surface area contributed by atoms with Crippen LogP contribution in [0.4, 0.5) is 0 Å². The van der Waals surface area contributed by atoms with Crippen LogP contribution < -0.4 is 10.6 Å². The number of hydrogen-bond acceptors (Lipinski definition) is 4. The van der Waals surface area contributed by atoms with Crippen LogP contribution in [0.25, 0.3) is 0 Å². The molecular formula is C19H37N5O. The Balaban J connectivity index is 2.48. The highest BCUT2D eigenvalue weighted by molar-refractivity contribution is 5.79. The summed E-state index contributed by atoms with van der Waals surface area (Å²) < 4.78 is 5.36. The van der Waals surface area contributed by atoms with Gasteiger partial charge >= 0.3 is 0 Å². The molecule has 0 radical (unpaired) electrons. The molecule has 6 heteroatoms. The summed E-state index contributed by atoms with van der Waals surface area (Å²) in [5.74, 6) is 2.01. The molecular weight excluding hydrogens is 314 g/mol. The second-order valence-electron chi connectivity index (χ2n) is 6.78. The maximum Gasteiger partial charge on any atom is 0.191 e. The third-order valence-corrected chi connectivity index (χ3v) is 4.29. The van der Waals surface area contributed by atoms with Crippen LogP contribution in [0, 0.1) is 0 Å². The molecule has 0 fully saturated rings. The van der Waals surface area contributed by atoms with Crippen molar-refractivity contribution in [1.82, 2.24) is 20.7 Å². The van der Waals surface area contributed by atoms with Gasteiger partial charge in [-0.05, 0) is 52.2 Å². The lowest BCUT2D eigenvalue weighted by molar-refractivity contribution is 0.292. The van der Waals surface area contributed by atoms with Crippen molar-refractivity contribution in [3.05, 3.63) is 17.5 Å². The van der Waals surface area contributed by atoms with Gasteiger partial charge in [0.2, 0.25) is 0 Å². The molecule has 1 aromatic heterocycles. The van der Waals surface area contributed by atoms with Crippen LogP contribution in [0.5, 0.6) is 0 Å². The summed E-state index contributed by atoms with van der Waals surface area (Å²) in [7, 11) is 0. The molecule has 0 saturated heterocycles. The van der Waals surface area contributed by atoms with Gasteiger partial charge < -0.3 is 20.1 Å². The van der Waals surface area contributed by atoms with E-state index in [0.717, 1.165) is 50.0 Å². The largest absolute Gasteiger partial charge is 0.359 e.